The van der Waals surface area contributed by atoms with Crippen molar-refractivity contribution in [3.05, 3.63) is 0 Å². The highest BCUT2D eigenvalue weighted by molar-refractivity contribution is 7.86. The fourth-order valence-corrected chi connectivity index (χ4v) is 1.55. The topological polar surface area (TPSA) is 57.2 Å². The van der Waals surface area contributed by atoms with Gasteiger partial charge in [0.15, 0.2) is 10.1 Å². The van der Waals surface area contributed by atoms with E-state index in [0.717, 1.165) is 4.48 Å². The molecule has 4 nitrogen and oxygen atoms in total. The summed E-state index contributed by atoms with van der Waals surface area (Å²) in [7, 11) is 0.486. The monoisotopic (exact) mass is 523 g/mol. The zero-order chi connectivity index (χ0) is 26.5. The summed E-state index contributed by atoms with van der Waals surface area (Å²) in [6.45, 7) is 0. The second kappa shape index (κ2) is 7.99. The molecule has 0 radical (unpaired) electrons. The van der Waals surface area contributed by atoms with E-state index in [9.17, 15) is 78.8 Å². The molecule has 0 aliphatic carbocycles. The molecule has 0 fully saturated rings. The Bertz CT molecular complexity index is 730. The standard InChI is InChI=1S/C7HF15O3S.C4H12N/c8-1(9,2(10,11)4(14,15)6(18,19)20)3(12,13)5(16,17)7(21,22)26(23,24)25;1-5(2,3)4/h(H,23,24,25);1-4H3/q;+1/p-1. The molecule has 0 saturated heterocycles. The van der Waals surface area contributed by atoms with Crippen LogP contribution in [0.15, 0.2) is 0 Å². The van der Waals surface area contributed by atoms with Gasteiger partial charge in [-0.05, 0) is 0 Å². The van der Waals surface area contributed by atoms with Gasteiger partial charge in [0.05, 0.1) is 28.2 Å². The van der Waals surface area contributed by atoms with Gasteiger partial charge in [0.2, 0.25) is 0 Å². The lowest BCUT2D eigenvalue weighted by molar-refractivity contribution is -0.849. The van der Waals surface area contributed by atoms with Crippen LogP contribution in [-0.4, -0.2) is 86.7 Å². The lowest BCUT2D eigenvalue weighted by Gasteiger charge is -2.41. The summed E-state index contributed by atoms with van der Waals surface area (Å²) in [5.41, 5.74) is 0. The Morgan fingerprint density at radius 1 is 0.516 bits per heavy atom. The molecule has 0 amide bonds. The minimum atomic E-state index is -8.63. The number of halogens is 15. The van der Waals surface area contributed by atoms with Gasteiger partial charge in [0, 0.05) is 0 Å². The molecule has 20 heteroatoms. The molecule has 0 aliphatic heterocycles. The van der Waals surface area contributed by atoms with Crippen LogP contribution in [0.1, 0.15) is 0 Å². The maximum atomic E-state index is 12.9. The largest absolute Gasteiger partial charge is 0.743 e. The minimum Gasteiger partial charge on any atom is -0.743 e. The van der Waals surface area contributed by atoms with Gasteiger partial charge in [-0.15, -0.1) is 0 Å². The molecule has 190 valence electrons. The van der Waals surface area contributed by atoms with Crippen molar-refractivity contribution in [1.29, 1.82) is 0 Å². The first-order valence-corrected chi connectivity index (χ1v) is 8.24. The lowest BCUT2D eigenvalue weighted by atomic mass is 9.94. The Kier molecular flexibility index (Phi) is 8.25. The normalized spacial score (nSPS) is 16.0. The number of alkyl halides is 15. The van der Waals surface area contributed by atoms with Crippen molar-refractivity contribution in [3.8, 4) is 0 Å². The molecule has 0 aliphatic rings. The van der Waals surface area contributed by atoms with Gasteiger partial charge in [0.1, 0.15) is 0 Å². The van der Waals surface area contributed by atoms with E-state index in [1.54, 1.807) is 0 Å². The quantitative estimate of drug-likeness (QED) is 0.298. The highest BCUT2D eigenvalue weighted by atomic mass is 32.2. The van der Waals surface area contributed by atoms with Gasteiger partial charge < -0.3 is 9.04 Å². The number of nitrogens with zero attached hydrogens (tertiary/aromatic N) is 1. The third-order valence-corrected chi connectivity index (χ3v) is 3.50. The second-order valence-corrected chi connectivity index (χ2v) is 8.44. The van der Waals surface area contributed by atoms with E-state index < -0.39 is 51.2 Å². The molecule has 31 heavy (non-hydrogen) atoms. The summed E-state index contributed by atoms with van der Waals surface area (Å²) in [4.78, 5) is 0. The van der Waals surface area contributed by atoms with Crippen LogP contribution in [0.2, 0.25) is 0 Å². The number of hydrogen-bond donors (Lipinski definition) is 0. The van der Waals surface area contributed by atoms with Crippen LogP contribution in [0.25, 0.3) is 0 Å². The number of rotatable bonds is 6. The zero-order valence-electron chi connectivity index (χ0n) is 15.2. The van der Waals surface area contributed by atoms with Gasteiger partial charge in [-0.1, -0.05) is 0 Å². The molecule has 0 heterocycles. The van der Waals surface area contributed by atoms with Crippen LogP contribution in [-0.2, 0) is 10.1 Å². The van der Waals surface area contributed by atoms with Gasteiger partial charge in [-0.2, -0.15) is 65.9 Å². The maximum absolute atomic E-state index is 12.9. The van der Waals surface area contributed by atoms with Gasteiger partial charge in [0.25, 0.3) is 0 Å². The lowest BCUT2D eigenvalue weighted by Crippen LogP contribution is -2.73. The molecular weight excluding hydrogens is 511 g/mol. The average Bonchev–Trinajstić information content (AvgIpc) is 2.41. The van der Waals surface area contributed by atoms with Crippen molar-refractivity contribution in [1.82, 2.24) is 0 Å². The number of hydrogen-bond acceptors (Lipinski definition) is 3. The third kappa shape index (κ3) is 5.42. The highest BCUT2D eigenvalue weighted by Crippen LogP contribution is 2.62. The number of quaternary nitrogens is 1. The fourth-order valence-electron chi connectivity index (χ4n) is 1.11. The van der Waals surface area contributed by atoms with Crippen molar-refractivity contribution < 1.29 is 83.3 Å². The average molecular weight is 523 g/mol. The van der Waals surface area contributed by atoms with Crippen LogP contribution in [0.4, 0.5) is 65.9 Å². The molecule has 0 saturated carbocycles. The van der Waals surface area contributed by atoms with E-state index in [-0.39, 0.29) is 0 Å². The summed E-state index contributed by atoms with van der Waals surface area (Å²) < 4.78 is 217. The Labute approximate surface area is 163 Å². The Morgan fingerprint density at radius 3 is 0.903 bits per heavy atom. The smallest absolute Gasteiger partial charge is 0.460 e. The maximum Gasteiger partial charge on any atom is 0.460 e. The van der Waals surface area contributed by atoms with Gasteiger partial charge >= 0.3 is 41.0 Å². The summed E-state index contributed by atoms with van der Waals surface area (Å²) in [6.07, 6.45) is -7.77. The van der Waals surface area contributed by atoms with E-state index in [1.807, 2.05) is 0 Å². The van der Waals surface area contributed by atoms with Crippen molar-refractivity contribution in [2.24, 2.45) is 0 Å². The van der Waals surface area contributed by atoms with Crippen LogP contribution < -0.4 is 0 Å². The van der Waals surface area contributed by atoms with E-state index in [2.05, 4.69) is 28.2 Å². The first kappa shape index (κ1) is 32.0. The molecular formula is C11H12F15NO3S. The molecule has 0 aromatic carbocycles. The van der Waals surface area contributed by atoms with Crippen molar-refractivity contribution in [2.45, 2.75) is 41.0 Å². The molecule has 0 atom stereocenters. The van der Waals surface area contributed by atoms with E-state index >= 15 is 0 Å². The van der Waals surface area contributed by atoms with Crippen molar-refractivity contribution in [2.75, 3.05) is 28.2 Å². The summed E-state index contributed by atoms with van der Waals surface area (Å²) in [5, 5.41) is -7.81. The van der Waals surface area contributed by atoms with E-state index in [1.165, 1.54) is 0 Å². The predicted octanol–water partition coefficient (Wildman–Crippen LogP) is 4.19. The fraction of sp³-hybridized carbons (Fsp3) is 1.00. The van der Waals surface area contributed by atoms with E-state index in [0.29, 0.717) is 0 Å². The van der Waals surface area contributed by atoms with Crippen LogP contribution >= 0.6 is 0 Å². The van der Waals surface area contributed by atoms with Crippen molar-refractivity contribution >= 4 is 10.1 Å². The molecule has 0 bridgehead atoms. The summed E-state index contributed by atoms with van der Waals surface area (Å²) in [6, 6.07) is 0. The molecule has 0 aromatic heterocycles. The van der Waals surface area contributed by atoms with Gasteiger partial charge in [-0.3, -0.25) is 0 Å². The van der Waals surface area contributed by atoms with Crippen LogP contribution in [0, 0.1) is 0 Å². The van der Waals surface area contributed by atoms with Crippen LogP contribution in [0.5, 0.6) is 0 Å². The molecule has 0 N–H and O–H groups in total. The summed E-state index contributed by atoms with van der Waals surface area (Å²) >= 11 is 0. The van der Waals surface area contributed by atoms with Crippen molar-refractivity contribution in [3.63, 3.8) is 0 Å². The second-order valence-electron chi connectivity index (χ2n) is 7.02. The Morgan fingerprint density at radius 2 is 0.710 bits per heavy atom. The van der Waals surface area contributed by atoms with Crippen LogP contribution in [0.3, 0.4) is 0 Å². The molecule has 0 rings (SSSR count). The molecule has 0 spiro atoms. The Hall–Kier alpha value is -1.18. The van der Waals surface area contributed by atoms with E-state index in [4.69, 9.17) is 0 Å². The highest BCUT2D eigenvalue weighted by Gasteiger charge is 2.94. The zero-order valence-corrected chi connectivity index (χ0v) is 16.1. The summed E-state index contributed by atoms with van der Waals surface area (Å²) in [5.74, 6) is -42.2. The first-order chi connectivity index (χ1) is 12.8. The predicted molar refractivity (Wildman–Crippen MR) is 69.4 cm³/mol. The molecule has 0 aromatic rings. The first-order valence-electron chi connectivity index (χ1n) is 6.83. The third-order valence-electron chi connectivity index (χ3n) is 2.61. The van der Waals surface area contributed by atoms with Gasteiger partial charge in [-0.25, -0.2) is 8.42 Å². The SMILES string of the molecule is C[N+](C)(C)C.O=S(=O)([O-])C(F)(F)C(F)(F)C(F)(F)C(F)(F)C(F)(F)C(F)(F)C(F)(F)F. The molecule has 0 unspecified atom stereocenters. The Balaban J connectivity index is 0. The minimum absolute atomic E-state index is 1.00.